The van der Waals surface area contributed by atoms with E-state index >= 15 is 0 Å². The predicted molar refractivity (Wildman–Crippen MR) is 10.0 cm³/mol. The van der Waals surface area contributed by atoms with Gasteiger partial charge >= 0.3 is 0 Å². The number of rotatable bonds is 0. The van der Waals surface area contributed by atoms with Crippen LogP contribution in [-0.4, -0.2) is 0 Å². The van der Waals surface area contributed by atoms with Gasteiger partial charge in [0, 0.05) is 27.3 Å². The molecular formula is H4CdF4. The smallest absolute Gasteiger partial charge is 0 e. The monoisotopic (exact) mass is 194 g/mol. The Morgan fingerprint density at radius 2 is 0.400 bits per heavy atom. The molecule has 0 heterocycles. The Bertz CT molecular complexity index is 3.61. The van der Waals surface area contributed by atoms with Crippen LogP contribution in [0.5, 0.6) is 0 Å². The summed E-state index contributed by atoms with van der Waals surface area (Å²) in [6.07, 6.45) is 0. The van der Waals surface area contributed by atoms with Crippen LogP contribution >= 0.6 is 0 Å². The van der Waals surface area contributed by atoms with E-state index in [2.05, 4.69) is 0 Å². The van der Waals surface area contributed by atoms with Crippen LogP contribution < -0.4 is 0 Å². The quantitative estimate of drug-likeness (QED) is 0.390. The van der Waals surface area contributed by atoms with Gasteiger partial charge in [-0.3, -0.25) is 18.8 Å². The second kappa shape index (κ2) is 149. The van der Waals surface area contributed by atoms with Crippen molar-refractivity contribution in [1.29, 1.82) is 0 Å². The van der Waals surface area contributed by atoms with Crippen molar-refractivity contribution >= 4 is 0 Å². The maximum Gasteiger partial charge on any atom is 0 e. The van der Waals surface area contributed by atoms with Crippen LogP contribution in [0.1, 0.15) is 0 Å². The Balaban J connectivity index is 0. The average molecular weight is 192 g/mol. The summed E-state index contributed by atoms with van der Waals surface area (Å²) in [5, 5.41) is 0. The van der Waals surface area contributed by atoms with E-state index in [1.54, 1.807) is 0 Å². The molecule has 0 saturated carbocycles. The van der Waals surface area contributed by atoms with E-state index in [0.29, 0.717) is 0 Å². The summed E-state index contributed by atoms with van der Waals surface area (Å²) in [7, 11) is 0. The van der Waals surface area contributed by atoms with Gasteiger partial charge in [0.2, 0.25) is 0 Å². The second-order valence-corrected chi connectivity index (χ2v) is 0. The molecule has 0 radical (unpaired) electrons. The van der Waals surface area contributed by atoms with E-state index in [1.807, 2.05) is 0 Å². The second-order valence-electron chi connectivity index (χ2n) is 0. The van der Waals surface area contributed by atoms with E-state index in [4.69, 9.17) is 0 Å². The summed E-state index contributed by atoms with van der Waals surface area (Å²) in [5.74, 6) is 0. The molecule has 0 saturated heterocycles. The van der Waals surface area contributed by atoms with Crippen LogP contribution in [0.4, 0.5) is 18.8 Å². The molecule has 34 valence electrons. The molecule has 0 aliphatic carbocycles. The summed E-state index contributed by atoms with van der Waals surface area (Å²) >= 11 is 0. The van der Waals surface area contributed by atoms with Gasteiger partial charge in [-0.25, -0.2) is 0 Å². The third-order valence-corrected chi connectivity index (χ3v) is 0. The standard InChI is InChI=1S/Cd.4FH/h;4*1H. The number of halogens is 4. The Hall–Kier alpha value is 0.642. The molecule has 0 fully saturated rings. The Kier molecular flexibility index (Phi) is 8810. The molecule has 0 nitrogen and oxygen atoms in total. The number of hydrogen-bond acceptors (Lipinski definition) is 0. The molecular weight excluding hydrogens is 188 g/mol. The van der Waals surface area contributed by atoms with Crippen molar-refractivity contribution in [2.24, 2.45) is 0 Å². The van der Waals surface area contributed by atoms with Crippen molar-refractivity contribution in [3.63, 3.8) is 0 Å². The van der Waals surface area contributed by atoms with Crippen LogP contribution in [0, 0.1) is 0 Å². The Morgan fingerprint density at radius 3 is 0.400 bits per heavy atom. The molecule has 0 atom stereocenters. The normalized spacial score (nSPS) is 0. The van der Waals surface area contributed by atoms with Crippen LogP contribution in [0.3, 0.4) is 0 Å². The SMILES string of the molecule is F.F.F.F.[Cd]. The van der Waals surface area contributed by atoms with Crippen molar-refractivity contribution in [2.75, 3.05) is 0 Å². The van der Waals surface area contributed by atoms with E-state index in [9.17, 15) is 0 Å². The molecule has 0 bridgehead atoms. The van der Waals surface area contributed by atoms with Gasteiger partial charge < -0.3 is 0 Å². The molecule has 0 rings (SSSR count). The summed E-state index contributed by atoms with van der Waals surface area (Å²) in [6.45, 7) is 0. The molecule has 0 spiro atoms. The molecule has 0 unspecified atom stereocenters. The Morgan fingerprint density at radius 1 is 0.400 bits per heavy atom. The topological polar surface area (TPSA) is 0 Å². The van der Waals surface area contributed by atoms with Crippen molar-refractivity contribution < 1.29 is 46.1 Å². The Labute approximate surface area is 46.6 Å². The van der Waals surface area contributed by atoms with Crippen molar-refractivity contribution in [3.8, 4) is 0 Å². The summed E-state index contributed by atoms with van der Waals surface area (Å²) < 4.78 is 0. The first-order chi connectivity index (χ1) is 0. The van der Waals surface area contributed by atoms with Crippen molar-refractivity contribution in [3.05, 3.63) is 0 Å². The molecule has 0 aliphatic heterocycles. The van der Waals surface area contributed by atoms with Gasteiger partial charge in [0.1, 0.15) is 0 Å². The molecule has 0 aromatic carbocycles. The van der Waals surface area contributed by atoms with Gasteiger partial charge in [-0.15, -0.1) is 0 Å². The third-order valence-electron chi connectivity index (χ3n) is 0. The van der Waals surface area contributed by atoms with Gasteiger partial charge in [0.15, 0.2) is 0 Å². The van der Waals surface area contributed by atoms with E-state index in [1.165, 1.54) is 0 Å². The first-order valence-electron chi connectivity index (χ1n) is 0. The maximum atomic E-state index is 0. The zero-order valence-corrected chi connectivity index (χ0v) is 6.38. The van der Waals surface area contributed by atoms with Crippen LogP contribution in [0.2, 0.25) is 0 Å². The summed E-state index contributed by atoms with van der Waals surface area (Å²) in [6, 6.07) is 0. The van der Waals surface area contributed by atoms with Crippen LogP contribution in [0.15, 0.2) is 0 Å². The van der Waals surface area contributed by atoms with Gasteiger partial charge in [-0.05, 0) is 0 Å². The average Bonchev–Trinajstić information content (AvgIpc) is 0. The molecule has 0 N–H and O–H groups in total. The molecule has 5 heteroatoms. The van der Waals surface area contributed by atoms with Crippen LogP contribution in [-0.2, 0) is 27.3 Å². The van der Waals surface area contributed by atoms with Gasteiger partial charge in [0.25, 0.3) is 0 Å². The van der Waals surface area contributed by atoms with Crippen molar-refractivity contribution in [1.82, 2.24) is 0 Å². The summed E-state index contributed by atoms with van der Waals surface area (Å²) in [4.78, 5) is 0. The molecule has 0 amide bonds. The fourth-order valence-corrected chi connectivity index (χ4v) is 0. The maximum absolute atomic E-state index is 0. The number of hydrogen-bond donors (Lipinski definition) is 0. The minimum absolute atomic E-state index is 0. The van der Waals surface area contributed by atoms with Crippen molar-refractivity contribution in [2.45, 2.75) is 0 Å². The van der Waals surface area contributed by atoms with Gasteiger partial charge in [-0.1, -0.05) is 0 Å². The largest absolute Gasteiger partial charge is 0.269 e. The fourth-order valence-electron chi connectivity index (χ4n) is 0. The molecule has 0 aromatic heterocycles. The van der Waals surface area contributed by atoms with Gasteiger partial charge in [0.05, 0.1) is 0 Å². The molecule has 5 heavy (non-hydrogen) atoms. The molecule has 0 aliphatic rings. The van der Waals surface area contributed by atoms with E-state index in [0.717, 1.165) is 0 Å². The first kappa shape index (κ1) is 295. The summed E-state index contributed by atoms with van der Waals surface area (Å²) in [5.41, 5.74) is 0. The molecule has 0 aromatic rings. The predicted octanol–water partition coefficient (Wildman–Crippen LogP) is 0.607. The third kappa shape index (κ3) is 78.6. The minimum Gasteiger partial charge on any atom is -0.269 e. The fraction of sp³-hybridized carbons (Fsp3) is 0. The zero-order valence-electron chi connectivity index (χ0n) is 2.34. The minimum atomic E-state index is 0. The zero-order chi connectivity index (χ0) is 0. The first-order valence-corrected chi connectivity index (χ1v) is 0. The van der Waals surface area contributed by atoms with E-state index < -0.39 is 0 Å². The van der Waals surface area contributed by atoms with Crippen LogP contribution in [0.25, 0.3) is 0 Å². The van der Waals surface area contributed by atoms with Gasteiger partial charge in [-0.2, -0.15) is 0 Å². The van der Waals surface area contributed by atoms with E-state index in [-0.39, 0.29) is 46.1 Å².